The van der Waals surface area contributed by atoms with Crippen LogP contribution in [0.4, 0.5) is 0 Å². The number of benzene rings is 3. The molecule has 0 unspecified atom stereocenters. The lowest BCUT2D eigenvalue weighted by Gasteiger charge is -2.13. The Bertz CT molecular complexity index is 1200. The molecular formula is C28H29NO8. The standard InChI is InChI=1S/C28H29NO8/c30-26(31)12-5-15-29-27(32)24-18-21(28(33)34)13-14-25(24)35-16-6-8-20-7-4-11-23(17-20)37-19-36-22-9-2-1-3-10-22/h1-4,7,9-11,13-14,17-18H,5-6,8,12,15-16,19H2,(H,29,32)(H,30,31)(H,33,34). The van der Waals surface area contributed by atoms with E-state index in [9.17, 15) is 19.5 Å². The Kier molecular flexibility index (Phi) is 10.3. The average molecular weight is 508 g/mol. The minimum atomic E-state index is -1.16. The van der Waals surface area contributed by atoms with E-state index in [2.05, 4.69) is 5.32 Å². The molecule has 3 rings (SSSR count). The second kappa shape index (κ2) is 14.1. The van der Waals surface area contributed by atoms with Crippen molar-refractivity contribution >= 4 is 17.8 Å². The van der Waals surface area contributed by atoms with Crippen LogP contribution in [0.5, 0.6) is 17.2 Å². The molecule has 1 amide bonds. The molecule has 0 atom stereocenters. The molecule has 0 spiro atoms. The van der Waals surface area contributed by atoms with Crippen LogP contribution in [-0.2, 0) is 11.2 Å². The smallest absolute Gasteiger partial charge is 0.335 e. The van der Waals surface area contributed by atoms with Gasteiger partial charge in [0.1, 0.15) is 17.2 Å². The first-order valence-electron chi connectivity index (χ1n) is 11.8. The fourth-order valence-corrected chi connectivity index (χ4v) is 3.43. The summed E-state index contributed by atoms with van der Waals surface area (Å²) < 4.78 is 17.0. The van der Waals surface area contributed by atoms with Crippen LogP contribution < -0.4 is 19.5 Å². The van der Waals surface area contributed by atoms with Gasteiger partial charge in [-0.15, -0.1) is 0 Å². The molecule has 37 heavy (non-hydrogen) atoms. The first kappa shape index (κ1) is 27.1. The van der Waals surface area contributed by atoms with Crippen molar-refractivity contribution in [2.24, 2.45) is 0 Å². The van der Waals surface area contributed by atoms with E-state index in [1.54, 1.807) is 0 Å². The zero-order valence-electron chi connectivity index (χ0n) is 20.2. The van der Waals surface area contributed by atoms with Gasteiger partial charge in [0.25, 0.3) is 5.91 Å². The Balaban J connectivity index is 1.51. The van der Waals surface area contributed by atoms with E-state index < -0.39 is 17.8 Å². The Morgan fingerprint density at radius 3 is 2.30 bits per heavy atom. The van der Waals surface area contributed by atoms with Gasteiger partial charge in [-0.25, -0.2) is 4.79 Å². The minimum Gasteiger partial charge on any atom is -0.493 e. The number of carbonyl (C=O) groups excluding carboxylic acids is 1. The maximum atomic E-state index is 12.6. The maximum absolute atomic E-state index is 12.6. The number of carbonyl (C=O) groups is 3. The summed E-state index contributed by atoms with van der Waals surface area (Å²) in [6.45, 7) is 0.536. The van der Waals surface area contributed by atoms with Crippen molar-refractivity contribution in [1.29, 1.82) is 0 Å². The molecule has 0 heterocycles. The molecule has 3 aromatic rings. The van der Waals surface area contributed by atoms with Crippen molar-refractivity contribution in [1.82, 2.24) is 5.32 Å². The van der Waals surface area contributed by atoms with E-state index in [4.69, 9.17) is 19.3 Å². The quantitative estimate of drug-likeness (QED) is 0.204. The minimum absolute atomic E-state index is 0.0453. The van der Waals surface area contributed by atoms with Crippen molar-refractivity contribution in [3.8, 4) is 17.2 Å². The molecule has 0 fully saturated rings. The van der Waals surface area contributed by atoms with Gasteiger partial charge in [-0.2, -0.15) is 0 Å². The Morgan fingerprint density at radius 2 is 1.54 bits per heavy atom. The number of ether oxygens (including phenoxy) is 3. The van der Waals surface area contributed by atoms with E-state index >= 15 is 0 Å². The Morgan fingerprint density at radius 1 is 0.784 bits per heavy atom. The summed E-state index contributed by atoms with van der Waals surface area (Å²) in [7, 11) is 0. The number of carboxylic acids is 2. The van der Waals surface area contributed by atoms with Crippen LogP contribution in [0.15, 0.2) is 72.8 Å². The topological polar surface area (TPSA) is 131 Å². The van der Waals surface area contributed by atoms with E-state index in [0.717, 1.165) is 11.3 Å². The highest BCUT2D eigenvalue weighted by atomic mass is 16.7. The molecule has 0 aromatic heterocycles. The molecule has 3 aromatic carbocycles. The molecule has 0 radical (unpaired) electrons. The van der Waals surface area contributed by atoms with E-state index in [-0.39, 0.29) is 43.1 Å². The third-order valence-corrected chi connectivity index (χ3v) is 5.28. The van der Waals surface area contributed by atoms with Gasteiger partial charge in [0.15, 0.2) is 0 Å². The molecule has 0 saturated carbocycles. The Hall–Kier alpha value is -4.53. The number of aliphatic carboxylic acids is 1. The molecule has 9 nitrogen and oxygen atoms in total. The summed E-state index contributed by atoms with van der Waals surface area (Å²) in [6.07, 6.45) is 1.52. The van der Waals surface area contributed by atoms with E-state index in [1.807, 2.05) is 54.6 Å². The molecular weight excluding hydrogens is 478 g/mol. The van der Waals surface area contributed by atoms with Crippen LogP contribution in [0.3, 0.4) is 0 Å². The largest absolute Gasteiger partial charge is 0.493 e. The molecule has 9 heteroatoms. The van der Waals surface area contributed by atoms with Crippen LogP contribution in [0.25, 0.3) is 0 Å². The maximum Gasteiger partial charge on any atom is 0.335 e. The predicted molar refractivity (Wildman–Crippen MR) is 135 cm³/mol. The van der Waals surface area contributed by atoms with Crippen molar-refractivity contribution in [3.05, 3.63) is 89.5 Å². The summed E-state index contributed by atoms with van der Waals surface area (Å²) in [5.41, 5.74) is 1.08. The number of aromatic carboxylic acids is 1. The fourth-order valence-electron chi connectivity index (χ4n) is 3.43. The number of aryl methyl sites for hydroxylation is 1. The molecule has 0 bridgehead atoms. The molecule has 0 saturated heterocycles. The number of amides is 1. The molecule has 194 valence electrons. The third kappa shape index (κ3) is 9.21. The summed E-state index contributed by atoms with van der Waals surface area (Å²) in [6, 6.07) is 21.1. The number of hydrogen-bond donors (Lipinski definition) is 3. The molecule has 0 aliphatic carbocycles. The monoisotopic (exact) mass is 507 g/mol. The van der Waals surface area contributed by atoms with Crippen molar-refractivity contribution in [2.75, 3.05) is 19.9 Å². The van der Waals surface area contributed by atoms with Crippen molar-refractivity contribution < 1.29 is 38.8 Å². The van der Waals surface area contributed by atoms with Gasteiger partial charge in [0.2, 0.25) is 6.79 Å². The summed E-state index contributed by atoms with van der Waals surface area (Å²) >= 11 is 0. The van der Waals surface area contributed by atoms with Crippen LogP contribution in [0.2, 0.25) is 0 Å². The van der Waals surface area contributed by atoms with Gasteiger partial charge >= 0.3 is 11.9 Å². The highest BCUT2D eigenvalue weighted by Crippen LogP contribution is 2.22. The molecule has 0 aliphatic rings. The second-order valence-corrected chi connectivity index (χ2v) is 8.09. The normalized spacial score (nSPS) is 10.4. The summed E-state index contributed by atoms with van der Waals surface area (Å²) in [5, 5.41) is 20.6. The van der Waals surface area contributed by atoms with Gasteiger partial charge in [-0.05, 0) is 67.3 Å². The first-order valence-corrected chi connectivity index (χ1v) is 11.8. The van der Waals surface area contributed by atoms with Gasteiger partial charge in [0, 0.05) is 13.0 Å². The number of para-hydroxylation sites is 1. The van der Waals surface area contributed by atoms with Crippen molar-refractivity contribution in [3.63, 3.8) is 0 Å². The fraction of sp³-hybridized carbons (Fsp3) is 0.250. The van der Waals surface area contributed by atoms with Gasteiger partial charge in [-0.1, -0.05) is 30.3 Å². The Labute approximate surface area is 214 Å². The summed E-state index contributed by atoms with van der Waals surface area (Å²) in [4.78, 5) is 34.6. The molecule has 3 N–H and O–H groups in total. The second-order valence-electron chi connectivity index (χ2n) is 8.09. The zero-order chi connectivity index (χ0) is 26.5. The lowest BCUT2D eigenvalue weighted by Crippen LogP contribution is -2.26. The van der Waals surface area contributed by atoms with Crippen molar-refractivity contribution in [2.45, 2.75) is 25.7 Å². The van der Waals surface area contributed by atoms with Crippen LogP contribution in [-0.4, -0.2) is 48.0 Å². The first-order chi connectivity index (χ1) is 17.9. The lowest BCUT2D eigenvalue weighted by molar-refractivity contribution is -0.137. The van der Waals surface area contributed by atoms with Crippen LogP contribution >= 0.6 is 0 Å². The number of hydrogen-bond acceptors (Lipinski definition) is 6. The summed E-state index contributed by atoms with van der Waals surface area (Å²) in [5.74, 6) is -0.977. The SMILES string of the molecule is O=C(O)CCCNC(=O)c1cc(C(=O)O)ccc1OCCCc1cccc(OCOc2ccccc2)c1. The van der Waals surface area contributed by atoms with E-state index in [0.29, 0.717) is 25.2 Å². The zero-order valence-corrected chi connectivity index (χ0v) is 20.2. The van der Waals surface area contributed by atoms with Crippen LogP contribution in [0.1, 0.15) is 45.5 Å². The van der Waals surface area contributed by atoms with Crippen LogP contribution in [0, 0.1) is 0 Å². The average Bonchev–Trinajstić information content (AvgIpc) is 2.89. The lowest BCUT2D eigenvalue weighted by atomic mass is 10.1. The van der Waals surface area contributed by atoms with Gasteiger partial charge in [0.05, 0.1) is 17.7 Å². The third-order valence-electron chi connectivity index (χ3n) is 5.28. The number of rotatable bonds is 15. The molecule has 0 aliphatic heterocycles. The van der Waals surface area contributed by atoms with Gasteiger partial charge in [-0.3, -0.25) is 9.59 Å². The number of nitrogens with one attached hydrogen (secondary N) is 1. The van der Waals surface area contributed by atoms with Gasteiger partial charge < -0.3 is 29.7 Å². The highest BCUT2D eigenvalue weighted by molar-refractivity contribution is 5.99. The number of carboxylic acid groups (broad SMARTS) is 2. The van der Waals surface area contributed by atoms with E-state index in [1.165, 1.54) is 18.2 Å². The predicted octanol–water partition coefficient (Wildman–Crippen LogP) is 4.41. The highest BCUT2D eigenvalue weighted by Gasteiger charge is 2.16.